The number of para-hydroxylation sites is 1. The van der Waals surface area contributed by atoms with Crippen LogP contribution >= 0.6 is 15.9 Å². The van der Waals surface area contributed by atoms with Crippen LogP contribution in [0.5, 0.6) is 0 Å². The van der Waals surface area contributed by atoms with E-state index in [1.54, 1.807) is 9.80 Å². The summed E-state index contributed by atoms with van der Waals surface area (Å²) >= 11 is 3.38. The van der Waals surface area contributed by atoms with Crippen LogP contribution in [-0.4, -0.2) is 29.8 Å². The van der Waals surface area contributed by atoms with Crippen LogP contribution < -0.4 is 4.90 Å². The highest BCUT2D eigenvalue weighted by atomic mass is 79.9. The highest BCUT2D eigenvalue weighted by molar-refractivity contribution is 9.10. The Morgan fingerprint density at radius 2 is 1.55 bits per heavy atom. The van der Waals surface area contributed by atoms with Crippen molar-refractivity contribution in [1.29, 1.82) is 0 Å². The number of anilines is 1. The Kier molecular flexibility index (Phi) is 4.24. The molecular formula is C17H15BrN2O2. The molecule has 0 bridgehead atoms. The standard InChI is InChI=1S/C17H15BrN2O2/c18-14-8-6-13(7-9-14)12-19-10-11-20(17(22)16(19)21)15-4-2-1-3-5-15/h1-9H,10-12H2. The first-order valence-corrected chi connectivity index (χ1v) is 7.85. The minimum atomic E-state index is -0.463. The van der Waals surface area contributed by atoms with Gasteiger partial charge in [-0.3, -0.25) is 9.59 Å². The van der Waals surface area contributed by atoms with E-state index in [1.807, 2.05) is 54.6 Å². The van der Waals surface area contributed by atoms with Gasteiger partial charge in [0.1, 0.15) is 0 Å². The van der Waals surface area contributed by atoms with Crippen molar-refractivity contribution in [2.75, 3.05) is 18.0 Å². The number of hydrogen-bond donors (Lipinski definition) is 0. The molecule has 1 heterocycles. The highest BCUT2D eigenvalue weighted by Crippen LogP contribution is 2.19. The molecule has 0 N–H and O–H groups in total. The number of carbonyl (C=O) groups is 2. The second-order valence-corrected chi connectivity index (χ2v) is 6.06. The third-order valence-electron chi connectivity index (χ3n) is 3.66. The largest absolute Gasteiger partial charge is 0.328 e. The first-order valence-electron chi connectivity index (χ1n) is 7.05. The number of hydrogen-bond acceptors (Lipinski definition) is 2. The summed E-state index contributed by atoms with van der Waals surface area (Å²) in [6.45, 7) is 1.52. The van der Waals surface area contributed by atoms with E-state index in [1.165, 1.54) is 0 Å². The molecule has 0 radical (unpaired) electrons. The minimum Gasteiger partial charge on any atom is -0.328 e. The van der Waals surface area contributed by atoms with E-state index < -0.39 is 11.8 Å². The fourth-order valence-corrected chi connectivity index (χ4v) is 2.75. The Hall–Kier alpha value is -2.14. The van der Waals surface area contributed by atoms with Gasteiger partial charge in [-0.1, -0.05) is 46.3 Å². The minimum absolute atomic E-state index is 0.446. The average Bonchev–Trinajstić information content (AvgIpc) is 2.55. The fraction of sp³-hybridized carbons (Fsp3) is 0.176. The summed E-state index contributed by atoms with van der Waals surface area (Å²) in [5.74, 6) is -0.910. The zero-order valence-electron chi connectivity index (χ0n) is 11.9. The molecule has 2 amide bonds. The number of carbonyl (C=O) groups excluding carboxylic acids is 2. The summed E-state index contributed by atoms with van der Waals surface area (Å²) in [6, 6.07) is 17.1. The van der Waals surface area contributed by atoms with Crippen LogP contribution in [0.2, 0.25) is 0 Å². The molecule has 0 saturated carbocycles. The molecule has 5 heteroatoms. The zero-order valence-corrected chi connectivity index (χ0v) is 13.5. The van der Waals surface area contributed by atoms with E-state index in [9.17, 15) is 9.59 Å². The van der Waals surface area contributed by atoms with Crippen molar-refractivity contribution in [2.45, 2.75) is 6.54 Å². The van der Waals surface area contributed by atoms with Gasteiger partial charge in [0.2, 0.25) is 0 Å². The number of halogens is 1. The van der Waals surface area contributed by atoms with Gasteiger partial charge in [-0.05, 0) is 29.8 Å². The Morgan fingerprint density at radius 1 is 0.864 bits per heavy atom. The Labute approximate surface area is 137 Å². The van der Waals surface area contributed by atoms with Crippen LogP contribution in [0, 0.1) is 0 Å². The maximum atomic E-state index is 12.3. The molecule has 1 saturated heterocycles. The van der Waals surface area contributed by atoms with Crippen LogP contribution in [0.25, 0.3) is 0 Å². The highest BCUT2D eigenvalue weighted by Gasteiger charge is 2.33. The molecule has 0 aromatic heterocycles. The van der Waals surface area contributed by atoms with Gasteiger partial charge in [0.15, 0.2) is 0 Å². The van der Waals surface area contributed by atoms with E-state index in [4.69, 9.17) is 0 Å². The van der Waals surface area contributed by atoms with Crippen molar-refractivity contribution in [3.8, 4) is 0 Å². The fourth-order valence-electron chi connectivity index (χ4n) is 2.49. The Morgan fingerprint density at radius 3 is 2.23 bits per heavy atom. The smallest absolute Gasteiger partial charge is 0.316 e. The molecule has 3 rings (SSSR count). The predicted molar refractivity (Wildman–Crippen MR) is 88.4 cm³/mol. The van der Waals surface area contributed by atoms with Gasteiger partial charge < -0.3 is 9.80 Å². The average molecular weight is 359 g/mol. The first kappa shape index (κ1) is 14.8. The predicted octanol–water partition coefficient (Wildman–Crippen LogP) is 2.82. The normalized spacial score (nSPS) is 15.3. The molecule has 4 nitrogen and oxygen atoms in total. The van der Waals surface area contributed by atoms with Gasteiger partial charge >= 0.3 is 11.8 Å². The van der Waals surface area contributed by atoms with Crippen molar-refractivity contribution < 1.29 is 9.59 Å². The van der Waals surface area contributed by atoms with E-state index in [2.05, 4.69) is 15.9 Å². The second-order valence-electron chi connectivity index (χ2n) is 5.15. The van der Waals surface area contributed by atoms with Crippen LogP contribution in [0.3, 0.4) is 0 Å². The summed E-state index contributed by atoms with van der Waals surface area (Å²) in [6.07, 6.45) is 0. The van der Waals surface area contributed by atoms with Crippen LogP contribution in [0.1, 0.15) is 5.56 Å². The molecule has 0 aliphatic carbocycles. The maximum absolute atomic E-state index is 12.3. The number of nitrogens with zero attached hydrogens (tertiary/aromatic N) is 2. The van der Waals surface area contributed by atoms with Crippen LogP contribution in [0.4, 0.5) is 5.69 Å². The van der Waals surface area contributed by atoms with Gasteiger partial charge in [-0.25, -0.2) is 0 Å². The second kappa shape index (κ2) is 6.32. The topological polar surface area (TPSA) is 40.6 Å². The van der Waals surface area contributed by atoms with Gasteiger partial charge in [0.05, 0.1) is 0 Å². The van der Waals surface area contributed by atoms with Gasteiger partial charge in [0.25, 0.3) is 0 Å². The van der Waals surface area contributed by atoms with E-state index in [0.29, 0.717) is 19.6 Å². The third-order valence-corrected chi connectivity index (χ3v) is 4.19. The van der Waals surface area contributed by atoms with Crippen LogP contribution in [-0.2, 0) is 16.1 Å². The molecule has 1 fully saturated rings. The molecule has 112 valence electrons. The summed E-state index contributed by atoms with van der Waals surface area (Å²) in [7, 11) is 0. The van der Waals surface area contributed by atoms with Crippen LogP contribution in [0.15, 0.2) is 59.1 Å². The van der Waals surface area contributed by atoms with E-state index in [-0.39, 0.29) is 0 Å². The van der Waals surface area contributed by atoms with Crippen molar-refractivity contribution in [3.05, 3.63) is 64.6 Å². The molecular weight excluding hydrogens is 344 g/mol. The summed E-state index contributed by atoms with van der Waals surface area (Å²) in [5.41, 5.74) is 1.78. The molecule has 0 spiro atoms. The molecule has 0 unspecified atom stereocenters. The molecule has 2 aromatic rings. The Bertz CT molecular complexity index is 686. The Balaban J connectivity index is 1.72. The summed E-state index contributed by atoms with van der Waals surface area (Å²) < 4.78 is 0.993. The maximum Gasteiger partial charge on any atom is 0.316 e. The van der Waals surface area contributed by atoms with Crippen molar-refractivity contribution >= 4 is 33.4 Å². The monoisotopic (exact) mass is 358 g/mol. The summed E-state index contributed by atoms with van der Waals surface area (Å²) in [5, 5.41) is 0. The molecule has 1 aliphatic rings. The number of benzene rings is 2. The third kappa shape index (κ3) is 3.04. The lowest BCUT2D eigenvalue weighted by atomic mass is 10.2. The van der Waals surface area contributed by atoms with E-state index >= 15 is 0 Å². The van der Waals surface area contributed by atoms with Gasteiger partial charge in [0, 0.05) is 29.8 Å². The molecule has 0 atom stereocenters. The number of amides is 2. The van der Waals surface area contributed by atoms with Crippen molar-refractivity contribution in [1.82, 2.24) is 4.90 Å². The number of rotatable bonds is 3. The van der Waals surface area contributed by atoms with Gasteiger partial charge in [-0.15, -0.1) is 0 Å². The lowest BCUT2D eigenvalue weighted by Crippen LogP contribution is -2.54. The molecule has 22 heavy (non-hydrogen) atoms. The van der Waals surface area contributed by atoms with Gasteiger partial charge in [-0.2, -0.15) is 0 Å². The quantitative estimate of drug-likeness (QED) is 0.791. The number of piperazine rings is 1. The van der Waals surface area contributed by atoms with Crippen molar-refractivity contribution in [2.24, 2.45) is 0 Å². The zero-order chi connectivity index (χ0) is 15.5. The lowest BCUT2D eigenvalue weighted by molar-refractivity contribution is -0.146. The summed E-state index contributed by atoms with van der Waals surface area (Å²) in [4.78, 5) is 27.8. The first-order chi connectivity index (χ1) is 10.6. The SMILES string of the molecule is O=C1C(=O)N(c2ccccc2)CCN1Cc1ccc(Br)cc1. The van der Waals surface area contributed by atoms with E-state index in [0.717, 1.165) is 15.7 Å². The lowest BCUT2D eigenvalue weighted by Gasteiger charge is -2.33. The molecule has 1 aliphatic heterocycles. The molecule has 2 aromatic carbocycles. The van der Waals surface area contributed by atoms with Crippen molar-refractivity contribution in [3.63, 3.8) is 0 Å².